The van der Waals surface area contributed by atoms with Crippen molar-refractivity contribution in [3.63, 3.8) is 0 Å². The molecule has 92 valence electrons. The largest absolute Gasteiger partial charge is 0.496 e. The van der Waals surface area contributed by atoms with E-state index < -0.39 is 11.6 Å². The topological polar surface area (TPSA) is 52.6 Å². The normalized spacial score (nSPS) is 10.8. The monoisotopic (exact) mass is 236 g/mol. The number of benzene rings is 1. The van der Waals surface area contributed by atoms with Crippen LogP contribution in [0.25, 0.3) is 0 Å². The lowest BCUT2D eigenvalue weighted by atomic mass is 10.1. The van der Waals surface area contributed by atoms with E-state index in [1.165, 1.54) is 19.2 Å². The second-order valence-corrected chi connectivity index (χ2v) is 4.58. The lowest BCUT2D eigenvalue weighted by molar-refractivity contribution is 0.00690. The van der Waals surface area contributed by atoms with Gasteiger partial charge in [0.1, 0.15) is 11.4 Å². The molecule has 0 saturated carbocycles. The Balaban J connectivity index is 3.00. The summed E-state index contributed by atoms with van der Waals surface area (Å²) < 4.78 is 10.2. The Labute approximate surface area is 101 Å². The SMILES string of the molecule is COc1cc(C(=O)OC(C)(C)C)ccc1C=O. The summed E-state index contributed by atoms with van der Waals surface area (Å²) in [5.74, 6) is -0.0726. The molecule has 0 saturated heterocycles. The molecule has 0 aliphatic carbocycles. The van der Waals surface area contributed by atoms with Crippen LogP contribution in [0, 0.1) is 0 Å². The van der Waals surface area contributed by atoms with Crippen molar-refractivity contribution in [2.75, 3.05) is 7.11 Å². The highest BCUT2D eigenvalue weighted by atomic mass is 16.6. The third-order valence-electron chi connectivity index (χ3n) is 2.00. The third kappa shape index (κ3) is 3.59. The molecule has 1 aromatic carbocycles. The van der Waals surface area contributed by atoms with E-state index in [2.05, 4.69) is 0 Å². The van der Waals surface area contributed by atoms with Crippen LogP contribution in [0.2, 0.25) is 0 Å². The van der Waals surface area contributed by atoms with Gasteiger partial charge in [-0.1, -0.05) is 0 Å². The van der Waals surface area contributed by atoms with Crippen LogP contribution in [0.1, 0.15) is 41.5 Å². The molecule has 0 aliphatic heterocycles. The molecule has 0 amide bonds. The van der Waals surface area contributed by atoms with Crippen molar-refractivity contribution < 1.29 is 19.1 Å². The summed E-state index contributed by atoms with van der Waals surface area (Å²) in [5, 5.41) is 0. The second kappa shape index (κ2) is 4.99. The quantitative estimate of drug-likeness (QED) is 0.597. The number of rotatable bonds is 3. The molecule has 17 heavy (non-hydrogen) atoms. The van der Waals surface area contributed by atoms with E-state index in [4.69, 9.17) is 9.47 Å². The van der Waals surface area contributed by atoms with E-state index in [1.54, 1.807) is 26.8 Å². The zero-order valence-corrected chi connectivity index (χ0v) is 10.4. The van der Waals surface area contributed by atoms with Crippen LogP contribution in [0.4, 0.5) is 0 Å². The van der Waals surface area contributed by atoms with Gasteiger partial charge in [0.15, 0.2) is 6.29 Å². The van der Waals surface area contributed by atoms with Crippen molar-refractivity contribution in [2.24, 2.45) is 0 Å². The fourth-order valence-corrected chi connectivity index (χ4v) is 1.27. The first-order valence-electron chi connectivity index (χ1n) is 5.24. The van der Waals surface area contributed by atoms with E-state index in [-0.39, 0.29) is 0 Å². The summed E-state index contributed by atoms with van der Waals surface area (Å²) in [6.07, 6.45) is 0.678. The van der Waals surface area contributed by atoms with Crippen LogP contribution in [0.3, 0.4) is 0 Å². The molecular weight excluding hydrogens is 220 g/mol. The average Bonchev–Trinajstić information content (AvgIpc) is 2.25. The van der Waals surface area contributed by atoms with E-state index in [0.717, 1.165) is 0 Å². The van der Waals surface area contributed by atoms with Crippen molar-refractivity contribution in [3.05, 3.63) is 29.3 Å². The number of methoxy groups -OCH3 is 1. The maximum absolute atomic E-state index is 11.8. The smallest absolute Gasteiger partial charge is 0.338 e. The first kappa shape index (κ1) is 13.2. The average molecular weight is 236 g/mol. The van der Waals surface area contributed by atoms with Gasteiger partial charge in [0.2, 0.25) is 0 Å². The van der Waals surface area contributed by atoms with E-state index in [9.17, 15) is 9.59 Å². The number of hydrogen-bond donors (Lipinski definition) is 0. The molecule has 1 aromatic rings. The molecular formula is C13H16O4. The molecule has 4 heteroatoms. The lowest BCUT2D eigenvalue weighted by Gasteiger charge is -2.19. The van der Waals surface area contributed by atoms with Crippen LogP contribution in [-0.4, -0.2) is 25.0 Å². The van der Waals surface area contributed by atoms with Gasteiger partial charge in [0.05, 0.1) is 18.2 Å². The van der Waals surface area contributed by atoms with Gasteiger partial charge in [-0.3, -0.25) is 4.79 Å². The Hall–Kier alpha value is -1.84. The molecule has 1 rings (SSSR count). The number of aldehydes is 1. The fraction of sp³-hybridized carbons (Fsp3) is 0.385. The summed E-state index contributed by atoms with van der Waals surface area (Å²) in [6, 6.07) is 4.57. The van der Waals surface area contributed by atoms with Gasteiger partial charge in [-0.15, -0.1) is 0 Å². The van der Waals surface area contributed by atoms with Crippen LogP contribution < -0.4 is 4.74 Å². The van der Waals surface area contributed by atoms with Crippen molar-refractivity contribution in [3.8, 4) is 5.75 Å². The molecule has 0 N–H and O–H groups in total. The van der Waals surface area contributed by atoms with Crippen LogP contribution in [0.15, 0.2) is 18.2 Å². The van der Waals surface area contributed by atoms with Gasteiger partial charge < -0.3 is 9.47 Å². The highest BCUT2D eigenvalue weighted by Gasteiger charge is 2.18. The van der Waals surface area contributed by atoms with Gasteiger partial charge >= 0.3 is 5.97 Å². The number of carbonyl (C=O) groups excluding carboxylic acids is 2. The van der Waals surface area contributed by atoms with Gasteiger partial charge in [-0.25, -0.2) is 4.79 Å². The maximum Gasteiger partial charge on any atom is 0.338 e. The van der Waals surface area contributed by atoms with Crippen molar-refractivity contribution in [2.45, 2.75) is 26.4 Å². The second-order valence-electron chi connectivity index (χ2n) is 4.58. The minimum Gasteiger partial charge on any atom is -0.496 e. The number of ether oxygens (including phenoxy) is 2. The fourth-order valence-electron chi connectivity index (χ4n) is 1.27. The standard InChI is InChI=1S/C13H16O4/c1-13(2,3)17-12(15)9-5-6-10(8-14)11(7-9)16-4/h5-8H,1-4H3. The predicted molar refractivity (Wildman–Crippen MR) is 63.6 cm³/mol. The Morgan fingerprint density at radius 1 is 1.29 bits per heavy atom. The third-order valence-corrected chi connectivity index (χ3v) is 2.00. The summed E-state index contributed by atoms with van der Waals surface area (Å²) in [7, 11) is 1.45. The first-order chi connectivity index (χ1) is 7.87. The summed E-state index contributed by atoms with van der Waals surface area (Å²) >= 11 is 0. The van der Waals surface area contributed by atoms with Crippen molar-refractivity contribution >= 4 is 12.3 Å². The molecule has 0 unspecified atom stereocenters. The molecule has 0 spiro atoms. The Morgan fingerprint density at radius 3 is 2.41 bits per heavy atom. The highest BCUT2D eigenvalue weighted by molar-refractivity contribution is 5.92. The zero-order valence-electron chi connectivity index (χ0n) is 10.4. The highest BCUT2D eigenvalue weighted by Crippen LogP contribution is 2.20. The minimum absolute atomic E-state index is 0.363. The molecule has 0 atom stereocenters. The summed E-state index contributed by atoms with van der Waals surface area (Å²) in [4.78, 5) is 22.5. The summed E-state index contributed by atoms with van der Waals surface area (Å²) in [5.41, 5.74) is 0.218. The molecule has 0 aromatic heterocycles. The molecule has 0 aliphatic rings. The van der Waals surface area contributed by atoms with Crippen LogP contribution >= 0.6 is 0 Å². The Bertz CT molecular complexity index is 430. The zero-order chi connectivity index (χ0) is 13.1. The van der Waals surface area contributed by atoms with E-state index >= 15 is 0 Å². The number of hydrogen-bond acceptors (Lipinski definition) is 4. The van der Waals surface area contributed by atoms with E-state index in [0.29, 0.717) is 23.2 Å². The Kier molecular flexibility index (Phi) is 3.89. The Morgan fingerprint density at radius 2 is 1.94 bits per heavy atom. The first-order valence-corrected chi connectivity index (χ1v) is 5.24. The van der Waals surface area contributed by atoms with Gasteiger partial charge in [-0.2, -0.15) is 0 Å². The van der Waals surface area contributed by atoms with Gasteiger partial charge in [0.25, 0.3) is 0 Å². The number of carbonyl (C=O) groups is 2. The molecule has 0 bridgehead atoms. The minimum atomic E-state index is -0.548. The predicted octanol–water partition coefficient (Wildman–Crippen LogP) is 2.46. The summed E-state index contributed by atoms with van der Waals surface area (Å²) in [6.45, 7) is 5.38. The van der Waals surface area contributed by atoms with Crippen LogP contribution in [0.5, 0.6) is 5.75 Å². The lowest BCUT2D eigenvalue weighted by Crippen LogP contribution is -2.23. The van der Waals surface area contributed by atoms with Gasteiger partial charge in [-0.05, 0) is 39.0 Å². The van der Waals surface area contributed by atoms with Crippen LogP contribution in [-0.2, 0) is 4.74 Å². The van der Waals surface area contributed by atoms with Crippen molar-refractivity contribution in [1.29, 1.82) is 0 Å². The van der Waals surface area contributed by atoms with E-state index in [1.807, 2.05) is 0 Å². The molecule has 0 fully saturated rings. The van der Waals surface area contributed by atoms with Crippen molar-refractivity contribution in [1.82, 2.24) is 0 Å². The van der Waals surface area contributed by atoms with Gasteiger partial charge in [0, 0.05) is 0 Å². The molecule has 0 radical (unpaired) electrons. The maximum atomic E-state index is 11.8. The molecule has 4 nitrogen and oxygen atoms in total. The number of esters is 1. The molecule has 0 heterocycles.